The predicted molar refractivity (Wildman–Crippen MR) is 70.1 cm³/mol. The number of aromatic nitrogens is 2. The molecule has 0 aromatic carbocycles. The monoisotopic (exact) mass is 246 g/mol. The third kappa shape index (κ3) is 2.10. The van der Waals surface area contributed by atoms with Crippen LogP contribution >= 0.6 is 11.3 Å². The minimum Gasteiger partial charge on any atom is -0.368 e. The van der Waals surface area contributed by atoms with Crippen molar-refractivity contribution in [3.63, 3.8) is 0 Å². The second kappa shape index (κ2) is 4.33. The van der Waals surface area contributed by atoms with Crippen molar-refractivity contribution in [2.24, 2.45) is 0 Å². The molecule has 0 aliphatic heterocycles. The van der Waals surface area contributed by atoms with E-state index >= 15 is 0 Å². The summed E-state index contributed by atoms with van der Waals surface area (Å²) in [6.07, 6.45) is 5.26. The van der Waals surface area contributed by atoms with Crippen LogP contribution in [-0.2, 0) is 6.42 Å². The van der Waals surface area contributed by atoms with E-state index in [0.29, 0.717) is 12.0 Å². The molecule has 1 aliphatic carbocycles. The van der Waals surface area contributed by atoms with Gasteiger partial charge >= 0.3 is 0 Å². The molecule has 4 nitrogen and oxygen atoms in total. The summed E-state index contributed by atoms with van der Waals surface area (Å²) < 4.78 is 0. The lowest BCUT2D eigenvalue weighted by molar-refractivity contribution is 0.607. The molecule has 2 heterocycles. The van der Waals surface area contributed by atoms with Gasteiger partial charge in [-0.1, -0.05) is 0 Å². The highest BCUT2D eigenvalue weighted by atomic mass is 32.1. The first-order valence-corrected chi connectivity index (χ1v) is 6.62. The molecular weight excluding hydrogens is 232 g/mol. The lowest BCUT2D eigenvalue weighted by Crippen LogP contribution is -2.16. The van der Waals surface area contributed by atoms with Crippen molar-refractivity contribution in [2.45, 2.75) is 25.3 Å². The first-order chi connectivity index (χ1) is 8.33. The van der Waals surface area contributed by atoms with Crippen molar-refractivity contribution in [2.75, 3.05) is 11.1 Å². The first kappa shape index (κ1) is 10.5. The maximum absolute atomic E-state index is 5.58. The summed E-state index contributed by atoms with van der Waals surface area (Å²) in [5.74, 6) is 1.12. The number of nitrogen functional groups attached to an aromatic ring is 1. The Morgan fingerprint density at radius 2 is 2.35 bits per heavy atom. The van der Waals surface area contributed by atoms with Gasteiger partial charge in [0, 0.05) is 11.1 Å². The van der Waals surface area contributed by atoms with Crippen LogP contribution in [0.25, 0.3) is 0 Å². The van der Waals surface area contributed by atoms with Gasteiger partial charge in [-0.25, -0.2) is 4.98 Å². The van der Waals surface area contributed by atoms with Gasteiger partial charge in [-0.15, -0.1) is 11.3 Å². The topological polar surface area (TPSA) is 63.8 Å². The van der Waals surface area contributed by atoms with E-state index in [4.69, 9.17) is 5.73 Å². The number of anilines is 2. The Balaban J connectivity index is 1.84. The van der Waals surface area contributed by atoms with Crippen LogP contribution in [-0.4, -0.2) is 9.97 Å². The number of thiophene rings is 1. The van der Waals surface area contributed by atoms with Crippen LogP contribution in [0.15, 0.2) is 23.7 Å². The maximum atomic E-state index is 5.58. The van der Waals surface area contributed by atoms with Crippen molar-refractivity contribution in [3.8, 4) is 0 Å². The van der Waals surface area contributed by atoms with Gasteiger partial charge in [0.25, 0.3) is 0 Å². The van der Waals surface area contributed by atoms with E-state index in [1.54, 1.807) is 6.20 Å². The van der Waals surface area contributed by atoms with Crippen molar-refractivity contribution in [1.82, 2.24) is 9.97 Å². The number of nitrogens with two attached hydrogens (primary N) is 1. The summed E-state index contributed by atoms with van der Waals surface area (Å²) in [6.45, 7) is 0. The number of nitrogens with one attached hydrogen (secondary N) is 1. The van der Waals surface area contributed by atoms with E-state index < -0.39 is 0 Å². The Morgan fingerprint density at radius 3 is 3.24 bits per heavy atom. The SMILES string of the molecule is Nc1nccc(NC2CCCc3sccc32)n1. The average molecular weight is 246 g/mol. The van der Waals surface area contributed by atoms with Gasteiger partial charge in [0.15, 0.2) is 0 Å². The number of aryl methyl sites for hydroxylation is 1. The number of hydrogen-bond donors (Lipinski definition) is 2. The number of fused-ring (bicyclic) bond motifs is 1. The summed E-state index contributed by atoms with van der Waals surface area (Å²) in [4.78, 5) is 9.58. The lowest BCUT2D eigenvalue weighted by atomic mass is 9.94. The standard InChI is InChI=1S/C12H14N4S/c13-12-14-6-4-11(16-12)15-9-2-1-3-10-8(9)5-7-17-10/h4-7,9H,1-3H2,(H3,13,14,15,16). The molecule has 17 heavy (non-hydrogen) atoms. The molecule has 5 heteroatoms. The fourth-order valence-electron chi connectivity index (χ4n) is 2.27. The number of rotatable bonds is 2. The van der Waals surface area contributed by atoms with Crippen molar-refractivity contribution >= 4 is 23.1 Å². The Morgan fingerprint density at radius 1 is 1.41 bits per heavy atom. The fraction of sp³-hybridized carbons (Fsp3) is 0.333. The largest absolute Gasteiger partial charge is 0.368 e. The van der Waals surface area contributed by atoms with Gasteiger partial charge in [-0.2, -0.15) is 4.98 Å². The summed E-state index contributed by atoms with van der Waals surface area (Å²) >= 11 is 1.85. The average Bonchev–Trinajstić information content (AvgIpc) is 2.78. The van der Waals surface area contributed by atoms with E-state index in [0.717, 1.165) is 12.2 Å². The zero-order chi connectivity index (χ0) is 11.7. The van der Waals surface area contributed by atoms with Gasteiger partial charge in [-0.3, -0.25) is 0 Å². The van der Waals surface area contributed by atoms with E-state index in [9.17, 15) is 0 Å². The van der Waals surface area contributed by atoms with E-state index in [-0.39, 0.29) is 0 Å². The van der Waals surface area contributed by atoms with Crippen LogP contribution in [0.5, 0.6) is 0 Å². The molecule has 0 radical (unpaired) electrons. The summed E-state index contributed by atoms with van der Waals surface area (Å²) in [7, 11) is 0. The van der Waals surface area contributed by atoms with Crippen LogP contribution < -0.4 is 11.1 Å². The molecule has 3 N–H and O–H groups in total. The number of hydrogen-bond acceptors (Lipinski definition) is 5. The third-order valence-electron chi connectivity index (χ3n) is 3.05. The van der Waals surface area contributed by atoms with Crippen LogP contribution in [0, 0.1) is 0 Å². The molecule has 3 rings (SSSR count). The molecule has 1 aliphatic rings. The molecule has 0 spiro atoms. The molecule has 0 bridgehead atoms. The van der Waals surface area contributed by atoms with Gasteiger partial charge in [0.2, 0.25) is 5.95 Å². The summed E-state index contributed by atoms with van der Waals surface area (Å²) in [5, 5.41) is 5.61. The highest BCUT2D eigenvalue weighted by Crippen LogP contribution is 2.35. The van der Waals surface area contributed by atoms with Gasteiger partial charge in [-0.05, 0) is 42.3 Å². The Kier molecular flexibility index (Phi) is 2.68. The highest BCUT2D eigenvalue weighted by molar-refractivity contribution is 7.10. The summed E-state index contributed by atoms with van der Waals surface area (Å²) in [5.41, 5.74) is 6.99. The highest BCUT2D eigenvalue weighted by Gasteiger charge is 2.21. The van der Waals surface area contributed by atoms with Crippen LogP contribution in [0.2, 0.25) is 0 Å². The molecule has 0 saturated carbocycles. The van der Waals surface area contributed by atoms with E-state index in [1.165, 1.54) is 23.3 Å². The Labute approximate surface area is 104 Å². The first-order valence-electron chi connectivity index (χ1n) is 5.74. The third-order valence-corrected chi connectivity index (χ3v) is 4.04. The molecule has 1 unspecified atom stereocenters. The quantitative estimate of drug-likeness (QED) is 0.855. The molecule has 2 aromatic heterocycles. The molecule has 0 saturated heterocycles. The van der Waals surface area contributed by atoms with Crippen LogP contribution in [0.4, 0.5) is 11.8 Å². The predicted octanol–water partition coefficient (Wildman–Crippen LogP) is 2.61. The minimum atomic E-state index is 0.316. The van der Waals surface area contributed by atoms with Crippen LogP contribution in [0.3, 0.4) is 0 Å². The molecule has 88 valence electrons. The van der Waals surface area contributed by atoms with E-state index in [1.807, 2.05) is 17.4 Å². The second-order valence-corrected chi connectivity index (χ2v) is 5.19. The smallest absolute Gasteiger partial charge is 0.221 e. The zero-order valence-electron chi connectivity index (χ0n) is 9.39. The number of nitrogens with zero attached hydrogens (tertiary/aromatic N) is 2. The van der Waals surface area contributed by atoms with Crippen molar-refractivity contribution in [3.05, 3.63) is 34.2 Å². The zero-order valence-corrected chi connectivity index (χ0v) is 10.2. The normalized spacial score (nSPS) is 18.7. The van der Waals surface area contributed by atoms with Gasteiger partial charge < -0.3 is 11.1 Å². The van der Waals surface area contributed by atoms with E-state index in [2.05, 4.69) is 26.7 Å². The van der Waals surface area contributed by atoms with Crippen molar-refractivity contribution in [1.29, 1.82) is 0 Å². The van der Waals surface area contributed by atoms with Crippen molar-refractivity contribution < 1.29 is 0 Å². The minimum absolute atomic E-state index is 0.316. The molecule has 0 fully saturated rings. The molecule has 2 aromatic rings. The fourth-order valence-corrected chi connectivity index (χ4v) is 3.26. The second-order valence-electron chi connectivity index (χ2n) is 4.19. The van der Waals surface area contributed by atoms with Crippen LogP contribution in [0.1, 0.15) is 29.3 Å². The molecular formula is C12H14N4S. The Bertz CT molecular complexity index is 523. The Hall–Kier alpha value is -1.62. The summed E-state index contributed by atoms with van der Waals surface area (Å²) in [6, 6.07) is 4.43. The van der Waals surface area contributed by atoms with Gasteiger partial charge in [0.1, 0.15) is 5.82 Å². The lowest BCUT2D eigenvalue weighted by Gasteiger charge is -2.24. The van der Waals surface area contributed by atoms with Gasteiger partial charge in [0.05, 0.1) is 6.04 Å². The molecule has 1 atom stereocenters. The maximum Gasteiger partial charge on any atom is 0.221 e. The molecule has 0 amide bonds.